The van der Waals surface area contributed by atoms with Gasteiger partial charge in [0.15, 0.2) is 0 Å². The number of rotatable bonds is 6. The molecule has 0 aromatic carbocycles. The Morgan fingerprint density at radius 1 is 1.44 bits per heavy atom. The molecular formula is C13H22BrNS. The minimum Gasteiger partial charge on any atom is -0.316 e. The van der Waals surface area contributed by atoms with Gasteiger partial charge in [0.25, 0.3) is 0 Å². The lowest BCUT2D eigenvalue weighted by molar-refractivity contribution is 0.318. The zero-order chi connectivity index (χ0) is 12.2. The van der Waals surface area contributed by atoms with Crippen molar-refractivity contribution in [2.75, 3.05) is 13.1 Å². The standard InChI is InChI=1S/C13H22BrNS/c1-5-15-9-13(3,4)7-6-11-8-10(2)12(14)16-11/h8,15H,5-7,9H2,1-4H3. The highest BCUT2D eigenvalue weighted by Gasteiger charge is 2.17. The maximum Gasteiger partial charge on any atom is 0.0730 e. The molecule has 92 valence electrons. The predicted molar refractivity (Wildman–Crippen MR) is 77.4 cm³/mol. The molecular weight excluding hydrogens is 282 g/mol. The highest BCUT2D eigenvalue weighted by atomic mass is 79.9. The van der Waals surface area contributed by atoms with Gasteiger partial charge in [-0.2, -0.15) is 0 Å². The largest absolute Gasteiger partial charge is 0.316 e. The number of thiophene rings is 1. The molecule has 0 aliphatic carbocycles. The third-order valence-corrected chi connectivity index (χ3v) is 5.01. The van der Waals surface area contributed by atoms with Gasteiger partial charge in [-0.3, -0.25) is 0 Å². The first-order valence-electron chi connectivity index (χ1n) is 5.90. The van der Waals surface area contributed by atoms with E-state index in [9.17, 15) is 0 Å². The molecule has 1 aromatic heterocycles. The molecule has 1 heterocycles. The molecule has 0 atom stereocenters. The van der Waals surface area contributed by atoms with Crippen molar-refractivity contribution in [3.63, 3.8) is 0 Å². The number of aryl methyl sites for hydroxylation is 2. The van der Waals surface area contributed by atoms with Crippen molar-refractivity contribution in [2.45, 2.75) is 40.5 Å². The Labute approximate surface area is 112 Å². The maximum atomic E-state index is 3.58. The average Bonchev–Trinajstić information content (AvgIpc) is 2.53. The summed E-state index contributed by atoms with van der Waals surface area (Å²) in [6.45, 7) is 11.2. The molecule has 0 saturated carbocycles. The topological polar surface area (TPSA) is 12.0 Å². The van der Waals surface area contributed by atoms with E-state index in [1.807, 2.05) is 11.3 Å². The summed E-state index contributed by atoms with van der Waals surface area (Å²) in [7, 11) is 0. The van der Waals surface area contributed by atoms with Crippen molar-refractivity contribution in [3.05, 3.63) is 20.3 Å². The van der Waals surface area contributed by atoms with Crippen LogP contribution in [0.4, 0.5) is 0 Å². The molecule has 0 amide bonds. The van der Waals surface area contributed by atoms with Crippen molar-refractivity contribution < 1.29 is 0 Å². The van der Waals surface area contributed by atoms with E-state index in [1.54, 1.807) is 0 Å². The molecule has 0 aliphatic heterocycles. The lowest BCUT2D eigenvalue weighted by atomic mass is 9.87. The van der Waals surface area contributed by atoms with Crippen LogP contribution in [0.15, 0.2) is 9.85 Å². The molecule has 0 spiro atoms. The lowest BCUT2D eigenvalue weighted by Crippen LogP contribution is -2.29. The second kappa shape index (κ2) is 6.18. The van der Waals surface area contributed by atoms with Crippen LogP contribution < -0.4 is 5.32 Å². The fourth-order valence-corrected chi connectivity index (χ4v) is 3.29. The second-order valence-corrected chi connectivity index (χ2v) is 7.57. The van der Waals surface area contributed by atoms with Crippen LogP contribution >= 0.6 is 27.3 Å². The minimum absolute atomic E-state index is 0.389. The van der Waals surface area contributed by atoms with Gasteiger partial charge in [-0.15, -0.1) is 11.3 Å². The molecule has 1 nitrogen and oxygen atoms in total. The van der Waals surface area contributed by atoms with Crippen molar-refractivity contribution in [3.8, 4) is 0 Å². The summed E-state index contributed by atoms with van der Waals surface area (Å²) in [5, 5.41) is 3.44. The SMILES string of the molecule is CCNCC(C)(C)CCc1cc(C)c(Br)s1. The molecule has 1 aromatic rings. The smallest absolute Gasteiger partial charge is 0.0730 e. The Morgan fingerprint density at radius 2 is 2.12 bits per heavy atom. The van der Waals surface area contributed by atoms with Crippen LogP contribution in [0.5, 0.6) is 0 Å². The minimum atomic E-state index is 0.389. The zero-order valence-electron chi connectivity index (χ0n) is 10.7. The third kappa shape index (κ3) is 4.56. The van der Waals surface area contributed by atoms with Crippen LogP contribution in [0.2, 0.25) is 0 Å². The lowest BCUT2D eigenvalue weighted by Gasteiger charge is -2.24. The molecule has 0 unspecified atom stereocenters. The summed E-state index contributed by atoms with van der Waals surface area (Å²) in [5.74, 6) is 0. The fourth-order valence-electron chi connectivity index (χ4n) is 1.66. The number of halogens is 1. The van der Waals surface area contributed by atoms with Gasteiger partial charge in [0.05, 0.1) is 3.79 Å². The Kier molecular flexibility index (Phi) is 5.48. The first-order chi connectivity index (χ1) is 7.44. The highest BCUT2D eigenvalue weighted by molar-refractivity contribution is 9.11. The maximum absolute atomic E-state index is 3.58. The van der Waals surface area contributed by atoms with Crippen molar-refractivity contribution in [1.82, 2.24) is 5.32 Å². The Bertz CT molecular complexity index is 311. The van der Waals surface area contributed by atoms with Gasteiger partial charge in [-0.1, -0.05) is 20.8 Å². The molecule has 0 aliphatic rings. The molecule has 1 N–H and O–H groups in total. The van der Waals surface area contributed by atoms with Crippen LogP contribution in [0.25, 0.3) is 0 Å². The summed E-state index contributed by atoms with van der Waals surface area (Å²) in [6, 6.07) is 2.30. The van der Waals surface area contributed by atoms with Crippen LogP contribution in [0.1, 0.15) is 37.6 Å². The van der Waals surface area contributed by atoms with Crippen LogP contribution in [0.3, 0.4) is 0 Å². The normalized spacial score (nSPS) is 12.1. The van der Waals surface area contributed by atoms with Gasteiger partial charge in [0, 0.05) is 11.4 Å². The molecule has 0 bridgehead atoms. The van der Waals surface area contributed by atoms with E-state index < -0.39 is 0 Å². The van der Waals surface area contributed by atoms with Gasteiger partial charge in [0.2, 0.25) is 0 Å². The van der Waals surface area contributed by atoms with Gasteiger partial charge < -0.3 is 5.32 Å². The average molecular weight is 304 g/mol. The third-order valence-electron chi connectivity index (χ3n) is 2.81. The Hall–Kier alpha value is 0.140. The first kappa shape index (κ1) is 14.2. The van der Waals surface area contributed by atoms with Crippen LogP contribution in [0, 0.1) is 12.3 Å². The van der Waals surface area contributed by atoms with E-state index in [-0.39, 0.29) is 0 Å². The summed E-state index contributed by atoms with van der Waals surface area (Å²) in [4.78, 5) is 1.49. The molecule has 16 heavy (non-hydrogen) atoms. The van der Waals surface area contributed by atoms with Crippen LogP contribution in [-0.2, 0) is 6.42 Å². The van der Waals surface area contributed by atoms with Crippen LogP contribution in [-0.4, -0.2) is 13.1 Å². The van der Waals surface area contributed by atoms with Crippen molar-refractivity contribution >= 4 is 27.3 Å². The summed E-state index contributed by atoms with van der Waals surface area (Å²) < 4.78 is 1.28. The first-order valence-corrected chi connectivity index (χ1v) is 7.51. The molecule has 3 heteroatoms. The van der Waals surface area contributed by atoms with E-state index in [0.29, 0.717) is 5.41 Å². The van der Waals surface area contributed by atoms with Gasteiger partial charge in [-0.05, 0) is 59.3 Å². The Balaban J connectivity index is 2.44. The van der Waals surface area contributed by atoms with Crippen molar-refractivity contribution in [2.24, 2.45) is 5.41 Å². The van der Waals surface area contributed by atoms with E-state index in [4.69, 9.17) is 0 Å². The van der Waals surface area contributed by atoms with E-state index in [1.165, 1.54) is 27.1 Å². The van der Waals surface area contributed by atoms with Gasteiger partial charge in [0.1, 0.15) is 0 Å². The summed E-state index contributed by atoms with van der Waals surface area (Å²) in [6.07, 6.45) is 2.43. The van der Waals surface area contributed by atoms with E-state index >= 15 is 0 Å². The zero-order valence-corrected chi connectivity index (χ0v) is 13.1. The number of hydrogen-bond donors (Lipinski definition) is 1. The number of hydrogen-bond acceptors (Lipinski definition) is 2. The molecule has 1 rings (SSSR count). The number of nitrogens with one attached hydrogen (secondary N) is 1. The predicted octanol–water partition coefficient (Wildman–Crippen LogP) is 4.39. The molecule has 0 fully saturated rings. The summed E-state index contributed by atoms with van der Waals surface area (Å²) >= 11 is 5.46. The van der Waals surface area contributed by atoms with E-state index in [2.05, 4.69) is 55.0 Å². The monoisotopic (exact) mass is 303 g/mol. The highest BCUT2D eigenvalue weighted by Crippen LogP contribution is 2.30. The van der Waals surface area contributed by atoms with E-state index in [0.717, 1.165) is 13.1 Å². The molecule has 0 radical (unpaired) electrons. The Morgan fingerprint density at radius 3 is 2.62 bits per heavy atom. The quantitative estimate of drug-likeness (QED) is 0.822. The fraction of sp³-hybridized carbons (Fsp3) is 0.692. The summed E-state index contributed by atoms with van der Waals surface area (Å²) in [5.41, 5.74) is 1.75. The van der Waals surface area contributed by atoms with Gasteiger partial charge in [-0.25, -0.2) is 0 Å². The van der Waals surface area contributed by atoms with Gasteiger partial charge >= 0.3 is 0 Å². The van der Waals surface area contributed by atoms with Crippen molar-refractivity contribution in [1.29, 1.82) is 0 Å². The molecule has 0 saturated heterocycles. The second-order valence-electron chi connectivity index (χ2n) is 5.11.